The molecule has 0 saturated carbocycles. The van der Waals surface area contributed by atoms with Crippen LogP contribution in [-0.4, -0.2) is 40.6 Å². The van der Waals surface area contributed by atoms with E-state index in [-0.39, 0.29) is 0 Å². The van der Waals surface area contributed by atoms with E-state index in [0.717, 1.165) is 12.5 Å². The van der Waals surface area contributed by atoms with Crippen LogP contribution in [0.15, 0.2) is 12.5 Å². The van der Waals surface area contributed by atoms with Crippen LogP contribution in [0, 0.1) is 5.92 Å². The molecular weight excluding hydrogens is 200 g/mol. The summed E-state index contributed by atoms with van der Waals surface area (Å²) >= 11 is 0. The Kier molecular flexibility index (Phi) is 3.61. The van der Waals surface area contributed by atoms with Gasteiger partial charge in [0.1, 0.15) is 0 Å². The Morgan fingerprint density at radius 1 is 1.50 bits per heavy atom. The Bertz CT molecular complexity index is 334. The van der Waals surface area contributed by atoms with Crippen molar-refractivity contribution in [2.24, 2.45) is 13.0 Å². The van der Waals surface area contributed by atoms with Gasteiger partial charge in [-0.2, -0.15) is 0 Å². The van der Waals surface area contributed by atoms with Gasteiger partial charge >= 0.3 is 0 Å². The maximum Gasteiger partial charge on any atom is 0.0945 e. The van der Waals surface area contributed by atoms with Gasteiger partial charge in [-0.05, 0) is 25.9 Å². The molecule has 2 atom stereocenters. The normalized spacial score (nSPS) is 27.2. The standard InChI is InChI=1S/C12H22N4/c1-10-8-15(2)5-4-12(10)14-7-11-6-13-9-16(11)3/h6,9-10,12,14H,4-5,7-8H2,1-3H3. The lowest BCUT2D eigenvalue weighted by atomic mass is 9.94. The van der Waals surface area contributed by atoms with Crippen molar-refractivity contribution in [3.63, 3.8) is 0 Å². The number of nitrogens with one attached hydrogen (secondary N) is 1. The molecule has 1 aromatic rings. The van der Waals surface area contributed by atoms with Gasteiger partial charge in [0.05, 0.1) is 12.0 Å². The van der Waals surface area contributed by atoms with Crippen molar-refractivity contribution >= 4 is 0 Å². The molecule has 0 bridgehead atoms. The van der Waals surface area contributed by atoms with Crippen LogP contribution in [0.3, 0.4) is 0 Å². The van der Waals surface area contributed by atoms with Crippen molar-refractivity contribution in [2.75, 3.05) is 20.1 Å². The third-order valence-corrected chi connectivity index (χ3v) is 3.57. The van der Waals surface area contributed by atoms with Crippen LogP contribution >= 0.6 is 0 Å². The van der Waals surface area contributed by atoms with Gasteiger partial charge in [0.15, 0.2) is 0 Å². The van der Waals surface area contributed by atoms with Crippen molar-refractivity contribution < 1.29 is 0 Å². The number of hydrogen-bond donors (Lipinski definition) is 1. The van der Waals surface area contributed by atoms with Gasteiger partial charge in [-0.15, -0.1) is 0 Å². The van der Waals surface area contributed by atoms with Crippen molar-refractivity contribution in [1.82, 2.24) is 19.8 Å². The largest absolute Gasteiger partial charge is 0.337 e. The molecule has 0 amide bonds. The summed E-state index contributed by atoms with van der Waals surface area (Å²) in [6, 6.07) is 0.645. The summed E-state index contributed by atoms with van der Waals surface area (Å²) in [5.41, 5.74) is 1.26. The highest BCUT2D eigenvalue weighted by Gasteiger charge is 2.23. The molecule has 0 aromatic carbocycles. The Hall–Kier alpha value is -0.870. The molecule has 0 aliphatic carbocycles. The molecule has 1 saturated heterocycles. The third-order valence-electron chi connectivity index (χ3n) is 3.57. The van der Waals surface area contributed by atoms with E-state index in [1.165, 1.54) is 25.2 Å². The lowest BCUT2D eigenvalue weighted by molar-refractivity contribution is 0.174. The zero-order valence-electron chi connectivity index (χ0n) is 10.5. The summed E-state index contributed by atoms with van der Waals surface area (Å²) in [4.78, 5) is 6.54. The van der Waals surface area contributed by atoms with Crippen LogP contribution in [0.4, 0.5) is 0 Å². The van der Waals surface area contributed by atoms with E-state index in [2.05, 4.69) is 33.7 Å². The SMILES string of the molecule is CC1CN(C)CCC1NCc1cncn1C. The number of likely N-dealkylation sites (tertiary alicyclic amines) is 1. The summed E-state index contributed by atoms with van der Waals surface area (Å²) in [5, 5.41) is 3.65. The summed E-state index contributed by atoms with van der Waals surface area (Å²) in [5.74, 6) is 0.729. The summed E-state index contributed by atoms with van der Waals surface area (Å²) in [7, 11) is 4.25. The molecule has 90 valence electrons. The zero-order valence-corrected chi connectivity index (χ0v) is 10.5. The number of imidazole rings is 1. The van der Waals surface area contributed by atoms with Crippen LogP contribution < -0.4 is 5.32 Å². The average molecular weight is 222 g/mol. The molecule has 2 rings (SSSR count). The fourth-order valence-corrected chi connectivity index (χ4v) is 2.45. The first kappa shape index (κ1) is 11.6. The summed E-state index contributed by atoms with van der Waals surface area (Å²) in [6.45, 7) is 5.65. The molecule has 1 fully saturated rings. The highest BCUT2D eigenvalue weighted by atomic mass is 15.1. The number of rotatable bonds is 3. The smallest absolute Gasteiger partial charge is 0.0945 e. The second-order valence-corrected chi connectivity index (χ2v) is 5.01. The second kappa shape index (κ2) is 4.97. The predicted molar refractivity (Wildman–Crippen MR) is 65.1 cm³/mol. The minimum atomic E-state index is 0.645. The van der Waals surface area contributed by atoms with E-state index in [1.807, 2.05) is 19.6 Å². The van der Waals surface area contributed by atoms with Crippen LogP contribution in [-0.2, 0) is 13.6 Å². The molecule has 0 spiro atoms. The van der Waals surface area contributed by atoms with Crippen molar-refractivity contribution in [3.05, 3.63) is 18.2 Å². The molecule has 2 heterocycles. The van der Waals surface area contributed by atoms with Gasteiger partial charge in [-0.3, -0.25) is 0 Å². The molecule has 1 aromatic heterocycles. The molecule has 1 aliphatic rings. The molecule has 1 aliphatic heterocycles. The Balaban J connectivity index is 1.84. The maximum atomic E-state index is 4.13. The second-order valence-electron chi connectivity index (χ2n) is 5.01. The van der Waals surface area contributed by atoms with E-state index in [4.69, 9.17) is 0 Å². The highest BCUT2D eigenvalue weighted by Crippen LogP contribution is 2.15. The van der Waals surface area contributed by atoms with E-state index < -0.39 is 0 Å². The van der Waals surface area contributed by atoms with Gasteiger partial charge in [0.2, 0.25) is 0 Å². The van der Waals surface area contributed by atoms with Gasteiger partial charge in [-0.1, -0.05) is 6.92 Å². The Labute approximate surface area is 97.7 Å². The van der Waals surface area contributed by atoms with Gasteiger partial charge in [-0.25, -0.2) is 4.98 Å². The van der Waals surface area contributed by atoms with Crippen molar-refractivity contribution in [3.8, 4) is 0 Å². The molecule has 0 radical (unpaired) electrons. The van der Waals surface area contributed by atoms with Crippen molar-refractivity contribution in [1.29, 1.82) is 0 Å². The van der Waals surface area contributed by atoms with E-state index in [9.17, 15) is 0 Å². The summed E-state index contributed by atoms with van der Waals surface area (Å²) in [6.07, 6.45) is 5.04. The quantitative estimate of drug-likeness (QED) is 0.823. The van der Waals surface area contributed by atoms with Crippen LogP contribution in [0.5, 0.6) is 0 Å². The zero-order chi connectivity index (χ0) is 11.5. The van der Waals surface area contributed by atoms with Gasteiger partial charge in [0.25, 0.3) is 0 Å². The lowest BCUT2D eigenvalue weighted by Crippen LogP contribution is -2.46. The Morgan fingerprint density at radius 2 is 2.31 bits per heavy atom. The van der Waals surface area contributed by atoms with Gasteiger partial charge in [0, 0.05) is 32.4 Å². The van der Waals surface area contributed by atoms with Crippen LogP contribution in [0.25, 0.3) is 0 Å². The lowest BCUT2D eigenvalue weighted by Gasteiger charge is -2.35. The minimum absolute atomic E-state index is 0.645. The number of piperidine rings is 1. The molecule has 1 N–H and O–H groups in total. The molecule has 16 heavy (non-hydrogen) atoms. The fraction of sp³-hybridized carbons (Fsp3) is 0.750. The number of hydrogen-bond acceptors (Lipinski definition) is 3. The van der Waals surface area contributed by atoms with E-state index >= 15 is 0 Å². The molecule has 2 unspecified atom stereocenters. The molecular formula is C12H22N4. The fourth-order valence-electron chi connectivity index (χ4n) is 2.45. The first-order chi connectivity index (χ1) is 7.66. The van der Waals surface area contributed by atoms with Crippen LogP contribution in [0.2, 0.25) is 0 Å². The van der Waals surface area contributed by atoms with Crippen molar-refractivity contribution in [2.45, 2.75) is 25.9 Å². The number of aryl methyl sites for hydroxylation is 1. The average Bonchev–Trinajstić information content (AvgIpc) is 2.63. The first-order valence-corrected chi connectivity index (χ1v) is 6.04. The van der Waals surface area contributed by atoms with Crippen LogP contribution in [0.1, 0.15) is 19.0 Å². The number of nitrogens with zero attached hydrogens (tertiary/aromatic N) is 3. The summed E-state index contributed by atoms with van der Waals surface area (Å²) < 4.78 is 2.08. The topological polar surface area (TPSA) is 33.1 Å². The van der Waals surface area contributed by atoms with Gasteiger partial charge < -0.3 is 14.8 Å². The predicted octanol–water partition coefficient (Wildman–Crippen LogP) is 0.850. The highest BCUT2D eigenvalue weighted by molar-refractivity contribution is 4.97. The minimum Gasteiger partial charge on any atom is -0.337 e. The molecule has 4 nitrogen and oxygen atoms in total. The number of aromatic nitrogens is 2. The monoisotopic (exact) mass is 222 g/mol. The van der Waals surface area contributed by atoms with E-state index in [1.54, 1.807) is 0 Å². The molecule has 4 heteroatoms. The maximum absolute atomic E-state index is 4.13. The third kappa shape index (κ3) is 2.62. The van der Waals surface area contributed by atoms with E-state index in [0.29, 0.717) is 6.04 Å². The first-order valence-electron chi connectivity index (χ1n) is 6.04. The Morgan fingerprint density at radius 3 is 2.94 bits per heavy atom.